The zero-order valence-electron chi connectivity index (χ0n) is 12.0. The van der Waals surface area contributed by atoms with Gasteiger partial charge in [-0.1, -0.05) is 6.92 Å². The Kier molecular flexibility index (Phi) is 3.25. The first-order valence-electron chi connectivity index (χ1n) is 6.81. The molecule has 3 fully saturated rings. The van der Waals surface area contributed by atoms with Gasteiger partial charge in [-0.2, -0.15) is 9.57 Å². The second kappa shape index (κ2) is 4.72. The Morgan fingerprint density at radius 2 is 2.00 bits per heavy atom. The van der Waals surface area contributed by atoms with Crippen molar-refractivity contribution in [3.63, 3.8) is 0 Å². The largest absolute Gasteiger partial charge is 0.480 e. The van der Waals surface area contributed by atoms with Gasteiger partial charge in [0.1, 0.15) is 17.2 Å². The fourth-order valence-corrected chi connectivity index (χ4v) is 5.57. The Balaban J connectivity index is 2.15. The maximum absolute atomic E-state index is 14.1. The smallest absolute Gasteiger partial charge is 0.325 e. The molecule has 2 heterocycles. The Morgan fingerprint density at radius 1 is 1.43 bits per heavy atom. The molecule has 0 radical (unpaired) electrons. The van der Waals surface area contributed by atoms with Crippen LogP contribution < -0.4 is 0 Å². The number of aliphatic carboxylic acids is 1. The first-order chi connectivity index (χ1) is 10.7. The van der Waals surface area contributed by atoms with Gasteiger partial charge >= 0.3 is 5.97 Å². The van der Waals surface area contributed by atoms with Crippen LogP contribution in [0.3, 0.4) is 0 Å². The van der Waals surface area contributed by atoms with Crippen molar-refractivity contribution < 1.29 is 27.1 Å². The van der Waals surface area contributed by atoms with E-state index >= 15 is 0 Å². The average molecular weight is 342 g/mol. The van der Waals surface area contributed by atoms with Crippen LogP contribution in [0.25, 0.3) is 0 Å². The highest BCUT2D eigenvalue weighted by molar-refractivity contribution is 7.89. The lowest BCUT2D eigenvalue weighted by atomic mass is 9.64. The maximum atomic E-state index is 14.1. The summed E-state index contributed by atoms with van der Waals surface area (Å²) in [7, 11) is -4.68. The summed E-state index contributed by atoms with van der Waals surface area (Å²) in [6.07, 6.45) is 0.127. The van der Waals surface area contributed by atoms with Crippen molar-refractivity contribution in [1.82, 2.24) is 4.31 Å². The van der Waals surface area contributed by atoms with Crippen LogP contribution in [0.1, 0.15) is 18.9 Å². The van der Waals surface area contributed by atoms with Crippen molar-refractivity contribution in [3.8, 4) is 6.07 Å². The maximum Gasteiger partial charge on any atom is 0.325 e. The van der Waals surface area contributed by atoms with Gasteiger partial charge in [-0.3, -0.25) is 4.79 Å². The summed E-state index contributed by atoms with van der Waals surface area (Å²) in [5.74, 6) is -4.71. The van der Waals surface area contributed by atoms with E-state index in [0.29, 0.717) is 16.4 Å². The highest BCUT2D eigenvalue weighted by Gasteiger charge is 2.70. The van der Waals surface area contributed by atoms with E-state index in [1.807, 2.05) is 0 Å². The standard InChI is InChI=1S/C14H12F2N2O4S/c1-7-9-4-14(7,13(19)20)18(6-9)23(21,22)12-10(15)2-8(5-17)3-11(12)16/h2-3,7,9H,4,6H2,1H3,(H,19,20)/t7-,9+,14+/m1/s1. The number of nitriles is 1. The van der Waals surface area contributed by atoms with E-state index in [-0.39, 0.29) is 24.4 Å². The molecule has 9 heteroatoms. The molecule has 0 spiro atoms. The molecule has 0 unspecified atom stereocenters. The number of halogens is 2. The van der Waals surface area contributed by atoms with Crippen molar-refractivity contribution in [2.75, 3.05) is 6.54 Å². The molecule has 1 aromatic rings. The predicted molar refractivity (Wildman–Crippen MR) is 72.6 cm³/mol. The Hall–Kier alpha value is -2.05. The van der Waals surface area contributed by atoms with Gasteiger partial charge in [0.2, 0.25) is 10.0 Å². The van der Waals surface area contributed by atoms with Crippen LogP contribution in [0.4, 0.5) is 8.78 Å². The number of nitrogens with zero attached hydrogens (tertiary/aromatic N) is 2. The molecule has 0 aromatic heterocycles. The van der Waals surface area contributed by atoms with E-state index in [0.717, 1.165) is 0 Å². The normalized spacial score (nSPS) is 29.8. The number of fused-ring (bicyclic) bond motifs is 1. The highest BCUT2D eigenvalue weighted by atomic mass is 32.2. The van der Waals surface area contributed by atoms with E-state index in [1.165, 1.54) is 6.07 Å². The summed E-state index contributed by atoms with van der Waals surface area (Å²) in [5, 5.41) is 18.1. The molecule has 1 aliphatic carbocycles. The Morgan fingerprint density at radius 3 is 2.43 bits per heavy atom. The molecule has 4 rings (SSSR count). The quantitative estimate of drug-likeness (QED) is 0.893. The second-order valence-corrected chi connectivity index (χ2v) is 7.70. The Labute approximate surface area is 131 Å². The number of benzene rings is 1. The molecule has 122 valence electrons. The van der Waals surface area contributed by atoms with Gasteiger partial charge in [0.15, 0.2) is 4.90 Å². The van der Waals surface area contributed by atoms with Crippen molar-refractivity contribution in [3.05, 3.63) is 29.3 Å². The third-order valence-electron chi connectivity index (χ3n) is 4.92. The minimum absolute atomic E-state index is 0.0886. The van der Waals surface area contributed by atoms with Crippen molar-refractivity contribution in [2.24, 2.45) is 11.8 Å². The molecule has 3 aliphatic rings. The van der Waals surface area contributed by atoms with E-state index in [4.69, 9.17) is 5.26 Å². The summed E-state index contributed by atoms with van der Waals surface area (Å²) >= 11 is 0. The zero-order valence-corrected chi connectivity index (χ0v) is 12.8. The number of hydrogen-bond donors (Lipinski definition) is 1. The van der Waals surface area contributed by atoms with Gasteiger partial charge in [0.25, 0.3) is 0 Å². The summed E-state index contributed by atoms with van der Waals surface area (Å²) in [6.45, 7) is 1.53. The van der Waals surface area contributed by atoms with E-state index in [2.05, 4.69) is 0 Å². The number of carbonyl (C=O) groups is 1. The first-order valence-corrected chi connectivity index (χ1v) is 8.25. The van der Waals surface area contributed by atoms with E-state index in [1.54, 1.807) is 6.92 Å². The monoisotopic (exact) mass is 342 g/mol. The zero-order chi connectivity index (χ0) is 17.2. The summed E-state index contributed by atoms with van der Waals surface area (Å²) < 4.78 is 54.2. The van der Waals surface area contributed by atoms with Gasteiger partial charge in [0, 0.05) is 6.54 Å². The number of sulfonamides is 1. The summed E-state index contributed by atoms with van der Waals surface area (Å²) in [6, 6.07) is 2.76. The minimum Gasteiger partial charge on any atom is -0.480 e. The van der Waals surface area contributed by atoms with Crippen LogP contribution in [0, 0.1) is 34.8 Å². The summed E-state index contributed by atoms with van der Waals surface area (Å²) in [5.41, 5.74) is -2.01. The number of rotatable bonds is 3. The van der Waals surface area contributed by atoms with E-state index < -0.39 is 44.0 Å². The first kappa shape index (κ1) is 15.8. The molecule has 2 aliphatic heterocycles. The molecule has 1 N–H and O–H groups in total. The molecule has 1 saturated carbocycles. The predicted octanol–water partition coefficient (Wildman–Crippen LogP) is 1.32. The molecule has 1 aromatic carbocycles. The molecular formula is C14H12F2N2O4S. The lowest BCUT2D eigenvalue weighted by Gasteiger charge is -2.43. The van der Waals surface area contributed by atoms with Crippen LogP contribution in [0.15, 0.2) is 17.0 Å². The van der Waals surface area contributed by atoms with Crippen LogP contribution in [0.2, 0.25) is 0 Å². The van der Waals surface area contributed by atoms with E-state index in [9.17, 15) is 27.1 Å². The van der Waals surface area contributed by atoms with Crippen LogP contribution >= 0.6 is 0 Å². The minimum atomic E-state index is -4.68. The van der Waals surface area contributed by atoms with Crippen molar-refractivity contribution >= 4 is 16.0 Å². The number of carboxylic acids is 1. The number of carboxylic acid groups (broad SMARTS) is 1. The third-order valence-corrected chi connectivity index (χ3v) is 6.89. The molecule has 0 amide bonds. The van der Waals surface area contributed by atoms with Gasteiger partial charge in [-0.15, -0.1) is 0 Å². The molecule has 23 heavy (non-hydrogen) atoms. The van der Waals surface area contributed by atoms with Gasteiger partial charge in [-0.05, 0) is 30.4 Å². The van der Waals surface area contributed by atoms with Crippen LogP contribution in [-0.2, 0) is 14.8 Å². The van der Waals surface area contributed by atoms with Crippen molar-refractivity contribution in [1.29, 1.82) is 5.26 Å². The fraction of sp³-hybridized carbons (Fsp3) is 0.429. The molecule has 3 atom stereocenters. The van der Waals surface area contributed by atoms with Gasteiger partial charge in [0.05, 0.1) is 11.6 Å². The Bertz CT molecular complexity index is 841. The lowest BCUT2D eigenvalue weighted by Crippen LogP contribution is -2.59. The average Bonchev–Trinajstić information content (AvgIpc) is 3.00. The van der Waals surface area contributed by atoms with Gasteiger partial charge in [-0.25, -0.2) is 17.2 Å². The van der Waals surface area contributed by atoms with Crippen LogP contribution in [-0.4, -0.2) is 35.9 Å². The van der Waals surface area contributed by atoms with Crippen molar-refractivity contribution in [2.45, 2.75) is 23.8 Å². The second-order valence-electron chi connectivity index (χ2n) is 5.90. The molecule has 6 nitrogen and oxygen atoms in total. The lowest BCUT2D eigenvalue weighted by molar-refractivity contribution is -0.154. The SMILES string of the molecule is C[C@@H]1[C@@H]2CN(S(=O)(=O)c3c(F)cc(C#N)cc3F)[C@@]1(C(=O)O)C2. The van der Waals surface area contributed by atoms with Gasteiger partial charge < -0.3 is 5.11 Å². The molecule has 2 bridgehead atoms. The summed E-state index contributed by atoms with van der Waals surface area (Å²) in [4.78, 5) is 10.4. The number of hydrogen-bond acceptors (Lipinski definition) is 4. The molecule has 2 saturated heterocycles. The highest BCUT2D eigenvalue weighted by Crippen LogP contribution is 2.57. The third kappa shape index (κ3) is 1.85. The van der Waals surface area contributed by atoms with Crippen LogP contribution in [0.5, 0.6) is 0 Å². The topological polar surface area (TPSA) is 98.5 Å². The molecular weight excluding hydrogens is 330 g/mol. The fourth-order valence-electron chi connectivity index (χ4n) is 3.60.